The van der Waals surface area contributed by atoms with E-state index in [4.69, 9.17) is 5.11 Å². The van der Waals surface area contributed by atoms with Gasteiger partial charge in [0.1, 0.15) is 0 Å². The van der Waals surface area contributed by atoms with E-state index in [-0.39, 0.29) is 11.3 Å². The van der Waals surface area contributed by atoms with Crippen LogP contribution in [0, 0.1) is 0 Å². The summed E-state index contributed by atoms with van der Waals surface area (Å²) in [5.41, 5.74) is 1.21. The fourth-order valence-electron chi connectivity index (χ4n) is 1.86. The quantitative estimate of drug-likeness (QED) is 0.860. The third kappa shape index (κ3) is 3.86. The Hall–Kier alpha value is -1.86. The zero-order chi connectivity index (χ0) is 16.3. The molecule has 0 heterocycles. The Bertz CT molecular complexity index is 770. The largest absolute Gasteiger partial charge is 0.478 e. The standard InChI is InChI=1S/C15H14BrNO4S/c1-17(14-8-4-12(5-9-14)15(18)19)22(20,21)10-11-2-6-13(16)7-3-11/h2-9H,10H2,1H3,(H,18,19). The van der Waals surface area contributed by atoms with Gasteiger partial charge in [0.25, 0.3) is 0 Å². The molecule has 0 bridgehead atoms. The van der Waals surface area contributed by atoms with Crippen molar-refractivity contribution in [1.29, 1.82) is 0 Å². The number of sulfonamides is 1. The fraction of sp³-hybridized carbons (Fsp3) is 0.133. The van der Waals surface area contributed by atoms with E-state index in [2.05, 4.69) is 15.9 Å². The molecule has 0 aromatic heterocycles. The molecule has 0 unspecified atom stereocenters. The molecule has 22 heavy (non-hydrogen) atoms. The topological polar surface area (TPSA) is 74.7 Å². The van der Waals surface area contributed by atoms with E-state index in [1.807, 2.05) is 0 Å². The van der Waals surface area contributed by atoms with Crippen molar-refractivity contribution in [2.75, 3.05) is 11.4 Å². The fourth-order valence-corrected chi connectivity index (χ4v) is 3.38. The molecule has 116 valence electrons. The van der Waals surface area contributed by atoms with Gasteiger partial charge in [0.15, 0.2) is 0 Å². The van der Waals surface area contributed by atoms with E-state index < -0.39 is 16.0 Å². The average Bonchev–Trinajstić information content (AvgIpc) is 2.48. The minimum absolute atomic E-state index is 0.113. The third-order valence-electron chi connectivity index (χ3n) is 3.16. The highest BCUT2D eigenvalue weighted by Crippen LogP contribution is 2.20. The smallest absolute Gasteiger partial charge is 0.335 e. The molecular weight excluding hydrogens is 370 g/mol. The van der Waals surface area contributed by atoms with Crippen molar-refractivity contribution in [3.63, 3.8) is 0 Å². The maximum Gasteiger partial charge on any atom is 0.335 e. The highest BCUT2D eigenvalue weighted by atomic mass is 79.9. The van der Waals surface area contributed by atoms with Crippen LogP contribution < -0.4 is 4.31 Å². The molecule has 2 aromatic carbocycles. The van der Waals surface area contributed by atoms with Gasteiger partial charge in [-0.25, -0.2) is 13.2 Å². The second-order valence-electron chi connectivity index (χ2n) is 4.70. The van der Waals surface area contributed by atoms with E-state index in [0.717, 1.165) is 8.78 Å². The van der Waals surface area contributed by atoms with Crippen molar-refractivity contribution in [1.82, 2.24) is 0 Å². The van der Waals surface area contributed by atoms with Crippen molar-refractivity contribution in [3.05, 3.63) is 64.1 Å². The van der Waals surface area contributed by atoms with Gasteiger partial charge in [-0.15, -0.1) is 0 Å². The SMILES string of the molecule is CN(c1ccc(C(=O)O)cc1)S(=O)(=O)Cc1ccc(Br)cc1. The number of anilines is 1. The van der Waals surface area contributed by atoms with E-state index in [1.54, 1.807) is 24.3 Å². The Balaban J connectivity index is 2.21. The van der Waals surface area contributed by atoms with Crippen LogP contribution in [0.1, 0.15) is 15.9 Å². The van der Waals surface area contributed by atoms with Gasteiger partial charge in [-0.05, 0) is 42.0 Å². The molecule has 0 aliphatic rings. The van der Waals surface area contributed by atoms with Gasteiger partial charge in [-0.1, -0.05) is 28.1 Å². The summed E-state index contributed by atoms with van der Waals surface area (Å²) in [6.45, 7) is 0. The lowest BCUT2D eigenvalue weighted by Gasteiger charge is -2.19. The van der Waals surface area contributed by atoms with Crippen molar-refractivity contribution in [2.24, 2.45) is 0 Å². The molecule has 0 amide bonds. The van der Waals surface area contributed by atoms with Gasteiger partial charge in [0.2, 0.25) is 10.0 Å². The van der Waals surface area contributed by atoms with Crippen LogP contribution in [0.15, 0.2) is 53.0 Å². The zero-order valence-corrected chi connectivity index (χ0v) is 14.1. The molecule has 0 saturated carbocycles. The summed E-state index contributed by atoms with van der Waals surface area (Å²) in [5.74, 6) is -1.18. The summed E-state index contributed by atoms with van der Waals surface area (Å²) in [5, 5.41) is 8.86. The summed E-state index contributed by atoms with van der Waals surface area (Å²) in [6.07, 6.45) is 0. The first-order valence-corrected chi connectivity index (χ1v) is 8.74. The Morgan fingerprint density at radius 2 is 1.64 bits per heavy atom. The van der Waals surface area contributed by atoms with Crippen LogP contribution in [-0.4, -0.2) is 26.5 Å². The summed E-state index contributed by atoms with van der Waals surface area (Å²) < 4.78 is 26.8. The molecule has 0 fully saturated rings. The summed E-state index contributed by atoms with van der Waals surface area (Å²) in [7, 11) is -2.09. The highest BCUT2D eigenvalue weighted by molar-refractivity contribution is 9.10. The van der Waals surface area contributed by atoms with Crippen LogP contribution >= 0.6 is 15.9 Å². The molecule has 5 nitrogen and oxygen atoms in total. The van der Waals surface area contributed by atoms with Crippen LogP contribution in [0.4, 0.5) is 5.69 Å². The monoisotopic (exact) mass is 383 g/mol. The summed E-state index contributed by atoms with van der Waals surface area (Å²) >= 11 is 3.30. The van der Waals surface area contributed by atoms with E-state index >= 15 is 0 Å². The molecule has 1 N–H and O–H groups in total. The van der Waals surface area contributed by atoms with Gasteiger partial charge < -0.3 is 5.11 Å². The number of carbonyl (C=O) groups is 1. The Labute approximate surface area is 137 Å². The predicted molar refractivity (Wildman–Crippen MR) is 88.6 cm³/mol. The number of hydrogen-bond acceptors (Lipinski definition) is 3. The van der Waals surface area contributed by atoms with E-state index in [9.17, 15) is 13.2 Å². The number of nitrogens with zero attached hydrogens (tertiary/aromatic N) is 1. The number of carboxylic acid groups (broad SMARTS) is 1. The molecule has 2 rings (SSSR count). The van der Waals surface area contributed by atoms with Crippen LogP contribution in [0.5, 0.6) is 0 Å². The lowest BCUT2D eigenvalue weighted by atomic mass is 10.2. The van der Waals surface area contributed by atoms with Gasteiger partial charge >= 0.3 is 5.97 Å². The first-order chi connectivity index (χ1) is 10.3. The first kappa shape index (κ1) is 16.5. The van der Waals surface area contributed by atoms with Crippen molar-refractivity contribution in [3.8, 4) is 0 Å². The van der Waals surface area contributed by atoms with E-state index in [0.29, 0.717) is 11.3 Å². The van der Waals surface area contributed by atoms with Gasteiger partial charge in [0, 0.05) is 11.5 Å². The molecule has 0 atom stereocenters. The van der Waals surface area contributed by atoms with Crippen LogP contribution in [0.2, 0.25) is 0 Å². The number of rotatable bonds is 5. The van der Waals surface area contributed by atoms with Gasteiger partial charge in [-0.2, -0.15) is 0 Å². The van der Waals surface area contributed by atoms with Crippen LogP contribution in [-0.2, 0) is 15.8 Å². The normalized spacial score (nSPS) is 11.2. The summed E-state index contributed by atoms with van der Waals surface area (Å²) in [4.78, 5) is 10.8. The summed E-state index contributed by atoms with van der Waals surface area (Å²) in [6, 6.07) is 12.8. The molecule has 0 saturated heterocycles. The second-order valence-corrected chi connectivity index (χ2v) is 7.62. The zero-order valence-electron chi connectivity index (χ0n) is 11.7. The molecule has 0 spiro atoms. The molecular formula is C15H14BrNO4S. The van der Waals surface area contributed by atoms with E-state index in [1.165, 1.54) is 31.3 Å². The highest BCUT2D eigenvalue weighted by Gasteiger charge is 2.19. The number of hydrogen-bond donors (Lipinski definition) is 1. The molecule has 0 aliphatic carbocycles. The lowest BCUT2D eigenvalue weighted by molar-refractivity contribution is 0.0697. The maximum atomic E-state index is 12.4. The minimum Gasteiger partial charge on any atom is -0.478 e. The number of aromatic carboxylic acids is 1. The Morgan fingerprint density at radius 3 is 2.14 bits per heavy atom. The van der Waals surface area contributed by atoms with Crippen molar-refractivity contribution >= 4 is 37.6 Å². The number of carboxylic acids is 1. The molecule has 0 aliphatic heterocycles. The van der Waals surface area contributed by atoms with Crippen molar-refractivity contribution < 1.29 is 18.3 Å². The third-order valence-corrected chi connectivity index (χ3v) is 5.43. The minimum atomic E-state index is -3.54. The predicted octanol–water partition coefficient (Wildman–Crippen LogP) is 3.11. The number of benzene rings is 2. The van der Waals surface area contributed by atoms with Gasteiger partial charge in [0.05, 0.1) is 17.0 Å². The average molecular weight is 384 g/mol. The van der Waals surface area contributed by atoms with Crippen LogP contribution in [0.3, 0.4) is 0 Å². The molecule has 7 heteroatoms. The maximum absolute atomic E-state index is 12.4. The van der Waals surface area contributed by atoms with Crippen LogP contribution in [0.25, 0.3) is 0 Å². The van der Waals surface area contributed by atoms with Gasteiger partial charge in [-0.3, -0.25) is 4.31 Å². The van der Waals surface area contributed by atoms with Crippen molar-refractivity contribution in [2.45, 2.75) is 5.75 Å². The first-order valence-electron chi connectivity index (χ1n) is 6.34. The Morgan fingerprint density at radius 1 is 1.09 bits per heavy atom. The lowest BCUT2D eigenvalue weighted by Crippen LogP contribution is -2.27. The number of halogens is 1. The molecule has 0 radical (unpaired) electrons. The second kappa shape index (κ2) is 6.50. The Kier molecular flexibility index (Phi) is 4.87. The molecule has 2 aromatic rings.